The summed E-state index contributed by atoms with van der Waals surface area (Å²) in [6.45, 7) is 5.54. The number of hydrogen-bond donors (Lipinski definition) is 3. The number of anilines is 3. The van der Waals surface area contributed by atoms with Crippen molar-refractivity contribution < 1.29 is 9.85 Å². The van der Waals surface area contributed by atoms with Crippen molar-refractivity contribution in [2.24, 2.45) is 0 Å². The first-order valence-corrected chi connectivity index (χ1v) is 7.21. The molecule has 0 bridgehead atoms. The average Bonchev–Trinajstić information content (AvgIpc) is 2.51. The zero-order valence-electron chi connectivity index (χ0n) is 13.8. The number of benzene rings is 1. The summed E-state index contributed by atoms with van der Waals surface area (Å²) >= 11 is 0. The summed E-state index contributed by atoms with van der Waals surface area (Å²) in [5, 5.41) is 25.0. The van der Waals surface area contributed by atoms with E-state index in [2.05, 4.69) is 26.1 Å². The van der Waals surface area contributed by atoms with Gasteiger partial charge in [0.25, 0.3) is 5.69 Å². The number of nitrogens with one attached hydrogen (secondary N) is 3. The maximum absolute atomic E-state index is 11.4. The van der Waals surface area contributed by atoms with Crippen LogP contribution in [0.25, 0.3) is 0 Å². The summed E-state index contributed by atoms with van der Waals surface area (Å²) in [6, 6.07) is 5.55. The number of hydrazine groups is 1. The van der Waals surface area contributed by atoms with Crippen LogP contribution in [0, 0.1) is 20.2 Å². The third-order valence-corrected chi connectivity index (χ3v) is 2.90. The molecule has 0 amide bonds. The maximum atomic E-state index is 11.4. The van der Waals surface area contributed by atoms with E-state index in [0.29, 0.717) is 5.69 Å². The molecule has 0 fully saturated rings. The van der Waals surface area contributed by atoms with E-state index in [1.807, 2.05) is 20.8 Å². The Bertz CT molecular complexity index is 787. The van der Waals surface area contributed by atoms with Gasteiger partial charge in [-0.2, -0.15) is 0 Å². The molecule has 11 heteroatoms. The molecular weight excluding hydrogens is 330 g/mol. The van der Waals surface area contributed by atoms with Crippen LogP contribution in [0.1, 0.15) is 20.8 Å². The van der Waals surface area contributed by atoms with Gasteiger partial charge in [0.05, 0.1) is 15.5 Å². The summed E-state index contributed by atoms with van der Waals surface area (Å²) in [4.78, 5) is 28.7. The second kappa shape index (κ2) is 6.95. The van der Waals surface area contributed by atoms with Crippen molar-refractivity contribution in [3.05, 3.63) is 50.8 Å². The normalized spacial score (nSPS) is 10.8. The van der Waals surface area contributed by atoms with E-state index in [1.54, 1.807) is 0 Å². The van der Waals surface area contributed by atoms with Crippen LogP contribution in [0.2, 0.25) is 0 Å². The van der Waals surface area contributed by atoms with Gasteiger partial charge in [0.15, 0.2) is 0 Å². The molecule has 0 saturated heterocycles. The molecule has 3 N–H and O–H groups in total. The molecule has 0 aliphatic carbocycles. The Morgan fingerprint density at radius 3 is 2.04 bits per heavy atom. The van der Waals surface area contributed by atoms with Crippen molar-refractivity contribution in [2.75, 3.05) is 16.2 Å². The Balaban J connectivity index is 2.22. The van der Waals surface area contributed by atoms with E-state index in [9.17, 15) is 20.2 Å². The van der Waals surface area contributed by atoms with E-state index in [0.717, 1.165) is 0 Å². The largest absolute Gasteiger partial charge is 0.360 e. The van der Waals surface area contributed by atoms with Crippen LogP contribution in [-0.4, -0.2) is 25.4 Å². The number of hydrogen-bond acceptors (Lipinski definition) is 9. The number of non-ortho nitro benzene ring substituents is 1. The molecular formula is C14H17N7O4. The van der Waals surface area contributed by atoms with Crippen molar-refractivity contribution in [2.45, 2.75) is 26.3 Å². The van der Waals surface area contributed by atoms with Gasteiger partial charge in [-0.05, 0) is 32.9 Å². The fourth-order valence-electron chi connectivity index (χ4n) is 1.89. The number of nitro benzene ring substituents is 1. The quantitative estimate of drug-likeness (QED) is 0.529. The third kappa shape index (κ3) is 4.73. The van der Waals surface area contributed by atoms with Gasteiger partial charge in [-0.15, -0.1) is 0 Å². The molecule has 1 heterocycles. The second-order valence-electron chi connectivity index (χ2n) is 6.11. The topological polar surface area (TPSA) is 148 Å². The highest BCUT2D eigenvalue weighted by Crippen LogP contribution is 2.30. The molecule has 2 aromatic rings. The number of aromatic nitrogens is 2. The molecule has 1 aromatic heterocycles. The van der Waals surface area contributed by atoms with Crippen LogP contribution in [0.3, 0.4) is 0 Å². The Labute approximate surface area is 142 Å². The molecule has 25 heavy (non-hydrogen) atoms. The summed E-state index contributed by atoms with van der Waals surface area (Å²) in [7, 11) is 0. The highest BCUT2D eigenvalue weighted by atomic mass is 16.6. The number of nitro groups is 2. The molecule has 0 radical (unpaired) electrons. The monoisotopic (exact) mass is 347 g/mol. The van der Waals surface area contributed by atoms with Gasteiger partial charge in [-0.3, -0.25) is 31.1 Å². The zero-order chi connectivity index (χ0) is 18.6. The van der Waals surface area contributed by atoms with E-state index in [1.165, 1.54) is 30.6 Å². The number of rotatable bonds is 6. The fourth-order valence-corrected chi connectivity index (χ4v) is 1.89. The van der Waals surface area contributed by atoms with Gasteiger partial charge in [0.2, 0.25) is 11.6 Å². The van der Waals surface area contributed by atoms with E-state index in [-0.39, 0.29) is 23.0 Å². The zero-order valence-corrected chi connectivity index (χ0v) is 13.8. The fraction of sp³-hybridized carbons (Fsp3) is 0.286. The van der Waals surface area contributed by atoms with Gasteiger partial charge >= 0.3 is 5.69 Å². The third-order valence-electron chi connectivity index (χ3n) is 2.90. The van der Waals surface area contributed by atoms with Crippen LogP contribution in [-0.2, 0) is 0 Å². The minimum absolute atomic E-state index is 0.0369. The minimum Gasteiger partial charge on any atom is -0.360 e. The van der Waals surface area contributed by atoms with E-state index >= 15 is 0 Å². The minimum atomic E-state index is -0.589. The first-order chi connectivity index (χ1) is 11.7. The Hall–Kier alpha value is -3.50. The standard InChI is InChI=1S/C14H17N7O4/c1-14(2,3)17-12-11(21(24)25)13(16-8-15-12)19-18-9-4-6-10(7-5-9)20(22)23/h4-8,18H,1-3H3,(H2,15,16,17,19). The van der Waals surface area contributed by atoms with Crippen LogP contribution in [0.5, 0.6) is 0 Å². The van der Waals surface area contributed by atoms with Gasteiger partial charge in [0.1, 0.15) is 6.33 Å². The summed E-state index contributed by atoms with van der Waals surface area (Å²) in [5.41, 5.74) is 5.02. The highest BCUT2D eigenvalue weighted by Gasteiger charge is 2.25. The van der Waals surface area contributed by atoms with Crippen LogP contribution >= 0.6 is 0 Å². The molecule has 0 saturated carbocycles. The lowest BCUT2D eigenvalue weighted by Crippen LogP contribution is -2.27. The smallest absolute Gasteiger partial charge is 0.354 e. The lowest BCUT2D eigenvalue weighted by Gasteiger charge is -2.21. The van der Waals surface area contributed by atoms with Crippen molar-refractivity contribution >= 4 is 28.7 Å². The molecule has 0 spiro atoms. The molecule has 0 aliphatic rings. The predicted molar refractivity (Wildman–Crippen MR) is 92.4 cm³/mol. The van der Waals surface area contributed by atoms with Gasteiger partial charge in [-0.25, -0.2) is 9.97 Å². The second-order valence-corrected chi connectivity index (χ2v) is 6.11. The molecule has 2 rings (SSSR count). The van der Waals surface area contributed by atoms with E-state index < -0.39 is 15.4 Å². The SMILES string of the molecule is CC(C)(C)Nc1ncnc(NNc2ccc([N+](=O)[O-])cc2)c1[N+](=O)[O-]. The van der Waals surface area contributed by atoms with Crippen LogP contribution in [0.15, 0.2) is 30.6 Å². The maximum Gasteiger partial charge on any atom is 0.354 e. The Morgan fingerprint density at radius 2 is 1.52 bits per heavy atom. The Kier molecular flexibility index (Phi) is 4.96. The predicted octanol–water partition coefficient (Wildman–Crippen LogP) is 2.94. The van der Waals surface area contributed by atoms with Crippen molar-refractivity contribution in [1.82, 2.24) is 9.97 Å². The van der Waals surface area contributed by atoms with Gasteiger partial charge < -0.3 is 5.32 Å². The molecule has 11 nitrogen and oxygen atoms in total. The molecule has 132 valence electrons. The summed E-state index contributed by atoms with van der Waals surface area (Å²) in [6.07, 6.45) is 1.20. The molecule has 1 aromatic carbocycles. The van der Waals surface area contributed by atoms with Crippen LogP contribution < -0.4 is 16.2 Å². The first kappa shape index (κ1) is 17.8. The van der Waals surface area contributed by atoms with Gasteiger partial charge in [-0.1, -0.05) is 0 Å². The summed E-state index contributed by atoms with van der Waals surface area (Å²) in [5.74, 6) is 0.0469. The highest BCUT2D eigenvalue weighted by molar-refractivity contribution is 5.71. The lowest BCUT2D eigenvalue weighted by molar-refractivity contribution is -0.384. The van der Waals surface area contributed by atoms with E-state index in [4.69, 9.17) is 0 Å². The van der Waals surface area contributed by atoms with Gasteiger partial charge in [0, 0.05) is 17.7 Å². The number of nitrogens with zero attached hydrogens (tertiary/aromatic N) is 4. The lowest BCUT2D eigenvalue weighted by atomic mass is 10.1. The van der Waals surface area contributed by atoms with Crippen molar-refractivity contribution in [3.8, 4) is 0 Å². The molecule has 0 unspecified atom stereocenters. The van der Waals surface area contributed by atoms with Crippen molar-refractivity contribution in [3.63, 3.8) is 0 Å². The van der Waals surface area contributed by atoms with Crippen LogP contribution in [0.4, 0.5) is 28.7 Å². The van der Waals surface area contributed by atoms with Crippen molar-refractivity contribution in [1.29, 1.82) is 0 Å². The Morgan fingerprint density at radius 1 is 0.920 bits per heavy atom. The average molecular weight is 347 g/mol. The summed E-state index contributed by atoms with van der Waals surface area (Å²) < 4.78 is 0. The molecule has 0 aliphatic heterocycles. The molecule has 0 atom stereocenters. The first-order valence-electron chi connectivity index (χ1n) is 7.21.